The third-order valence-electron chi connectivity index (χ3n) is 4.88. The molecule has 1 aliphatic heterocycles. The van der Waals surface area contributed by atoms with Crippen LogP contribution in [-0.4, -0.2) is 63.3 Å². The average Bonchev–Trinajstić information content (AvgIpc) is 3.03. The number of carbonyl (C=O) groups is 2. The van der Waals surface area contributed by atoms with Crippen LogP contribution < -0.4 is 19.1 Å². The summed E-state index contributed by atoms with van der Waals surface area (Å²) < 4.78 is 15.7. The van der Waals surface area contributed by atoms with Crippen molar-refractivity contribution >= 4 is 23.1 Å². The van der Waals surface area contributed by atoms with Gasteiger partial charge in [-0.3, -0.25) is 9.59 Å². The molecule has 8 nitrogen and oxygen atoms in total. The van der Waals surface area contributed by atoms with Crippen molar-refractivity contribution in [2.45, 2.75) is 0 Å². The van der Waals surface area contributed by atoms with Gasteiger partial charge in [0.05, 0.1) is 39.2 Å². The average molecular weight is 412 g/mol. The summed E-state index contributed by atoms with van der Waals surface area (Å²) in [5.74, 6) is 0.587. The SMILES string of the molecule is COc1ccc(C2=C(N(C)CCO)C(=O)N(c3ccc(OC)c(OC)c3)C2=O)cc1. The van der Waals surface area contributed by atoms with Crippen molar-refractivity contribution in [2.24, 2.45) is 0 Å². The normalized spacial score (nSPS) is 13.7. The Bertz CT molecular complexity index is 984. The summed E-state index contributed by atoms with van der Waals surface area (Å²) in [5.41, 5.74) is 1.42. The molecule has 3 rings (SSSR count). The number of carbonyl (C=O) groups excluding carboxylic acids is 2. The number of amides is 2. The monoisotopic (exact) mass is 412 g/mol. The smallest absolute Gasteiger partial charge is 0.282 e. The van der Waals surface area contributed by atoms with Gasteiger partial charge in [-0.15, -0.1) is 0 Å². The van der Waals surface area contributed by atoms with Crippen LogP contribution in [0.25, 0.3) is 5.57 Å². The number of benzene rings is 2. The maximum Gasteiger partial charge on any atom is 0.282 e. The lowest BCUT2D eigenvalue weighted by Gasteiger charge is -2.21. The van der Waals surface area contributed by atoms with Crippen LogP contribution in [0.1, 0.15) is 5.56 Å². The quantitative estimate of drug-likeness (QED) is 0.663. The van der Waals surface area contributed by atoms with E-state index in [0.717, 1.165) is 4.90 Å². The highest BCUT2D eigenvalue weighted by Crippen LogP contribution is 2.38. The number of rotatable bonds is 8. The van der Waals surface area contributed by atoms with Gasteiger partial charge in [0.25, 0.3) is 11.8 Å². The van der Waals surface area contributed by atoms with Crippen LogP contribution in [0, 0.1) is 0 Å². The highest BCUT2D eigenvalue weighted by molar-refractivity contribution is 6.45. The lowest BCUT2D eigenvalue weighted by molar-refractivity contribution is -0.120. The van der Waals surface area contributed by atoms with Crippen molar-refractivity contribution in [1.82, 2.24) is 4.90 Å². The van der Waals surface area contributed by atoms with Gasteiger partial charge in [-0.25, -0.2) is 4.90 Å². The summed E-state index contributed by atoms with van der Waals surface area (Å²) in [7, 11) is 6.21. The lowest BCUT2D eigenvalue weighted by atomic mass is 10.0. The first-order chi connectivity index (χ1) is 14.5. The van der Waals surface area contributed by atoms with Crippen molar-refractivity contribution < 1.29 is 28.9 Å². The van der Waals surface area contributed by atoms with Crippen LogP contribution in [0.5, 0.6) is 17.2 Å². The third-order valence-corrected chi connectivity index (χ3v) is 4.88. The molecule has 2 aromatic rings. The molecule has 2 aromatic carbocycles. The zero-order valence-electron chi connectivity index (χ0n) is 17.3. The van der Waals surface area contributed by atoms with Gasteiger partial charge in [-0.1, -0.05) is 12.1 Å². The molecular formula is C22H24N2O6. The van der Waals surface area contributed by atoms with Crippen LogP contribution >= 0.6 is 0 Å². The number of aliphatic hydroxyl groups excluding tert-OH is 1. The standard InChI is InChI=1S/C22H24N2O6/c1-23(11-12-25)20-19(14-5-8-16(28-2)9-6-14)21(26)24(22(20)27)15-7-10-17(29-3)18(13-15)30-4/h5-10,13,25H,11-12H2,1-4H3. The number of aliphatic hydroxyl groups is 1. The minimum absolute atomic E-state index is 0.159. The van der Waals surface area contributed by atoms with Crippen LogP contribution in [-0.2, 0) is 9.59 Å². The Morgan fingerprint density at radius 1 is 0.900 bits per heavy atom. The number of nitrogens with zero attached hydrogens (tertiary/aromatic N) is 2. The van der Waals surface area contributed by atoms with E-state index in [4.69, 9.17) is 14.2 Å². The summed E-state index contributed by atoms with van der Waals surface area (Å²) in [5, 5.41) is 9.36. The molecule has 0 saturated carbocycles. The topological polar surface area (TPSA) is 88.5 Å². The van der Waals surface area contributed by atoms with Crippen molar-refractivity contribution in [1.29, 1.82) is 0 Å². The number of anilines is 1. The van der Waals surface area contributed by atoms with Gasteiger partial charge in [-0.2, -0.15) is 0 Å². The lowest BCUT2D eigenvalue weighted by Crippen LogP contribution is -2.34. The summed E-state index contributed by atoms with van der Waals surface area (Å²) >= 11 is 0. The fraction of sp³-hybridized carbons (Fsp3) is 0.273. The van der Waals surface area contributed by atoms with Crippen LogP contribution in [0.15, 0.2) is 48.2 Å². The van der Waals surface area contributed by atoms with E-state index in [9.17, 15) is 14.7 Å². The Morgan fingerprint density at radius 2 is 1.57 bits per heavy atom. The summed E-state index contributed by atoms with van der Waals surface area (Å²) in [6.07, 6.45) is 0. The highest BCUT2D eigenvalue weighted by atomic mass is 16.5. The Labute approximate surface area is 174 Å². The molecule has 0 spiro atoms. The van der Waals surface area contributed by atoms with Gasteiger partial charge in [0.1, 0.15) is 11.4 Å². The van der Waals surface area contributed by atoms with E-state index in [2.05, 4.69) is 0 Å². The van der Waals surface area contributed by atoms with Gasteiger partial charge in [-0.05, 0) is 29.8 Å². The maximum absolute atomic E-state index is 13.4. The minimum Gasteiger partial charge on any atom is -0.497 e. The first kappa shape index (κ1) is 21.2. The van der Waals surface area contributed by atoms with Gasteiger partial charge < -0.3 is 24.2 Å². The molecule has 0 aliphatic carbocycles. The Kier molecular flexibility index (Phi) is 6.27. The summed E-state index contributed by atoms with van der Waals surface area (Å²) in [6.45, 7) is 0.0432. The second-order valence-corrected chi connectivity index (χ2v) is 6.58. The predicted molar refractivity (Wildman–Crippen MR) is 112 cm³/mol. The van der Waals surface area contributed by atoms with Crippen molar-refractivity contribution in [3.63, 3.8) is 0 Å². The van der Waals surface area contributed by atoms with E-state index >= 15 is 0 Å². The molecule has 0 bridgehead atoms. The molecule has 1 heterocycles. The van der Waals surface area contributed by atoms with Crippen LogP contribution in [0.4, 0.5) is 5.69 Å². The zero-order chi connectivity index (χ0) is 21.8. The fourth-order valence-corrected chi connectivity index (χ4v) is 3.35. The number of methoxy groups -OCH3 is 3. The minimum atomic E-state index is -0.478. The first-order valence-electron chi connectivity index (χ1n) is 9.28. The van der Waals surface area contributed by atoms with Gasteiger partial charge in [0.15, 0.2) is 11.5 Å². The molecule has 1 aliphatic rings. The molecule has 158 valence electrons. The van der Waals surface area contributed by atoms with Gasteiger partial charge in [0, 0.05) is 19.7 Å². The zero-order valence-corrected chi connectivity index (χ0v) is 17.3. The number of imide groups is 1. The van der Waals surface area contributed by atoms with Crippen LogP contribution in [0.3, 0.4) is 0 Å². The van der Waals surface area contributed by atoms with Gasteiger partial charge in [0.2, 0.25) is 0 Å². The van der Waals surface area contributed by atoms with Gasteiger partial charge >= 0.3 is 0 Å². The Hall–Kier alpha value is -3.52. The van der Waals surface area contributed by atoms with Crippen LogP contribution in [0.2, 0.25) is 0 Å². The molecule has 0 saturated heterocycles. The molecular weight excluding hydrogens is 388 g/mol. The first-order valence-corrected chi connectivity index (χ1v) is 9.28. The number of ether oxygens (including phenoxy) is 3. The van der Waals surface area contributed by atoms with E-state index in [0.29, 0.717) is 28.5 Å². The maximum atomic E-state index is 13.4. The molecule has 0 radical (unpaired) electrons. The summed E-state index contributed by atoms with van der Waals surface area (Å²) in [6, 6.07) is 11.7. The van der Waals surface area contributed by atoms with E-state index in [1.165, 1.54) is 14.2 Å². The summed E-state index contributed by atoms with van der Waals surface area (Å²) in [4.78, 5) is 29.4. The predicted octanol–water partition coefficient (Wildman–Crippen LogP) is 1.92. The van der Waals surface area contributed by atoms with Crippen molar-refractivity contribution in [2.75, 3.05) is 46.4 Å². The van der Waals surface area contributed by atoms with Crippen molar-refractivity contribution in [3.05, 3.63) is 53.7 Å². The molecule has 0 aromatic heterocycles. The molecule has 0 fully saturated rings. The third kappa shape index (κ3) is 3.69. The van der Waals surface area contributed by atoms with E-state index < -0.39 is 11.8 Å². The Balaban J connectivity index is 2.10. The fourth-order valence-electron chi connectivity index (χ4n) is 3.35. The van der Waals surface area contributed by atoms with E-state index in [1.807, 2.05) is 0 Å². The molecule has 30 heavy (non-hydrogen) atoms. The van der Waals surface area contributed by atoms with E-state index in [-0.39, 0.29) is 24.4 Å². The molecule has 8 heteroatoms. The number of hydrogen-bond acceptors (Lipinski definition) is 7. The molecule has 2 amide bonds. The second-order valence-electron chi connectivity index (χ2n) is 6.58. The Morgan fingerprint density at radius 3 is 2.13 bits per heavy atom. The second kappa shape index (κ2) is 8.87. The van der Waals surface area contributed by atoms with Crippen molar-refractivity contribution in [3.8, 4) is 17.2 Å². The van der Waals surface area contributed by atoms with E-state index in [1.54, 1.807) is 61.5 Å². The molecule has 0 atom stereocenters. The number of hydrogen-bond donors (Lipinski definition) is 1. The molecule has 1 N–H and O–H groups in total. The molecule has 0 unspecified atom stereocenters. The number of likely N-dealkylation sites (N-methyl/N-ethyl adjacent to an activating group) is 1. The highest BCUT2D eigenvalue weighted by Gasteiger charge is 2.41. The largest absolute Gasteiger partial charge is 0.497 e.